The Morgan fingerprint density at radius 2 is 1.41 bits per heavy atom. The zero-order valence-electron chi connectivity index (χ0n) is 16.4. The van der Waals surface area contributed by atoms with Gasteiger partial charge < -0.3 is 10.0 Å². The minimum absolute atomic E-state index is 0.194. The van der Waals surface area contributed by atoms with Gasteiger partial charge in [0.15, 0.2) is 5.76 Å². The molecule has 1 unspecified atom stereocenters. The van der Waals surface area contributed by atoms with Crippen LogP contribution in [0.2, 0.25) is 5.02 Å². The largest absolute Gasteiger partial charge is 0.503 e. The second-order valence-corrected chi connectivity index (χ2v) is 7.94. The highest BCUT2D eigenvalue weighted by Crippen LogP contribution is 2.43. The fraction of sp³-hybridized carbons (Fsp3) is 0.160. The average molecular weight is 404 g/mol. The van der Waals surface area contributed by atoms with Crippen LogP contribution in [-0.4, -0.2) is 15.9 Å². The summed E-state index contributed by atoms with van der Waals surface area (Å²) in [4.78, 5) is 14.8. The van der Waals surface area contributed by atoms with Crippen LogP contribution in [0.5, 0.6) is 0 Å². The standard InChI is InChI=1S/C25H22ClNO2/c1-16-3-7-18(8-4-16)15-27-23(20-11-13-21(26)14-12-20)22(24(28)25(27)29)19-9-5-17(2)6-10-19/h3-14,23,28H,15H2,1-2H3. The summed E-state index contributed by atoms with van der Waals surface area (Å²) in [5.41, 5.74) is 5.68. The molecule has 1 aliphatic heterocycles. The summed E-state index contributed by atoms with van der Waals surface area (Å²) in [6.07, 6.45) is 0. The molecule has 0 fully saturated rings. The minimum atomic E-state index is -0.385. The lowest BCUT2D eigenvalue weighted by atomic mass is 9.93. The molecule has 0 saturated carbocycles. The molecule has 1 heterocycles. The Bertz CT molecular complexity index is 1070. The maximum Gasteiger partial charge on any atom is 0.290 e. The zero-order chi connectivity index (χ0) is 20.5. The number of carbonyl (C=O) groups excluding carboxylic acids is 1. The molecule has 0 bridgehead atoms. The number of aryl methyl sites for hydroxylation is 2. The van der Waals surface area contributed by atoms with Crippen molar-refractivity contribution in [2.45, 2.75) is 26.4 Å². The third-order valence-corrected chi connectivity index (χ3v) is 5.58. The van der Waals surface area contributed by atoms with Gasteiger partial charge in [-0.05, 0) is 42.7 Å². The lowest BCUT2D eigenvalue weighted by molar-refractivity contribution is -0.130. The van der Waals surface area contributed by atoms with Gasteiger partial charge in [0.1, 0.15) is 0 Å². The first-order valence-corrected chi connectivity index (χ1v) is 9.94. The summed E-state index contributed by atoms with van der Waals surface area (Å²) in [7, 11) is 0. The molecule has 1 atom stereocenters. The van der Waals surface area contributed by atoms with E-state index in [9.17, 15) is 9.90 Å². The first-order chi connectivity index (χ1) is 13.9. The normalized spacial score (nSPS) is 16.6. The summed E-state index contributed by atoms with van der Waals surface area (Å²) in [5, 5.41) is 11.5. The monoisotopic (exact) mass is 403 g/mol. The van der Waals surface area contributed by atoms with Crippen molar-refractivity contribution < 1.29 is 9.90 Å². The number of nitrogens with zero attached hydrogens (tertiary/aromatic N) is 1. The highest BCUT2D eigenvalue weighted by molar-refractivity contribution is 6.30. The Kier molecular flexibility index (Phi) is 5.16. The number of hydrogen-bond donors (Lipinski definition) is 1. The van der Waals surface area contributed by atoms with Gasteiger partial charge in [-0.1, -0.05) is 83.4 Å². The molecule has 3 aromatic carbocycles. The van der Waals surface area contributed by atoms with E-state index < -0.39 is 0 Å². The molecule has 3 aromatic rings. The molecule has 0 saturated heterocycles. The van der Waals surface area contributed by atoms with Crippen LogP contribution in [0.3, 0.4) is 0 Å². The third kappa shape index (κ3) is 3.79. The molecular formula is C25H22ClNO2. The molecule has 0 aliphatic carbocycles. The van der Waals surface area contributed by atoms with Crippen LogP contribution in [0.1, 0.15) is 33.9 Å². The highest BCUT2D eigenvalue weighted by atomic mass is 35.5. The van der Waals surface area contributed by atoms with E-state index in [-0.39, 0.29) is 17.7 Å². The fourth-order valence-electron chi connectivity index (χ4n) is 3.73. The molecule has 1 amide bonds. The van der Waals surface area contributed by atoms with Crippen LogP contribution < -0.4 is 0 Å². The van der Waals surface area contributed by atoms with Crippen LogP contribution in [0.25, 0.3) is 5.57 Å². The van der Waals surface area contributed by atoms with Gasteiger partial charge >= 0.3 is 0 Å². The Hall–Kier alpha value is -3.04. The van der Waals surface area contributed by atoms with Crippen molar-refractivity contribution in [1.82, 2.24) is 4.90 Å². The van der Waals surface area contributed by atoms with Gasteiger partial charge in [0.25, 0.3) is 5.91 Å². The number of rotatable bonds is 4. The van der Waals surface area contributed by atoms with Crippen LogP contribution in [0, 0.1) is 13.8 Å². The molecule has 29 heavy (non-hydrogen) atoms. The second kappa shape index (κ2) is 7.76. The van der Waals surface area contributed by atoms with Crippen molar-refractivity contribution >= 4 is 23.1 Å². The molecule has 0 aromatic heterocycles. The second-order valence-electron chi connectivity index (χ2n) is 7.50. The zero-order valence-corrected chi connectivity index (χ0v) is 17.1. The summed E-state index contributed by atoms with van der Waals surface area (Å²) < 4.78 is 0. The van der Waals surface area contributed by atoms with E-state index >= 15 is 0 Å². The smallest absolute Gasteiger partial charge is 0.290 e. The predicted octanol–water partition coefficient (Wildman–Crippen LogP) is 6.01. The number of amides is 1. The van der Waals surface area contributed by atoms with Crippen LogP contribution in [0.4, 0.5) is 0 Å². The minimum Gasteiger partial charge on any atom is -0.503 e. The first-order valence-electron chi connectivity index (χ1n) is 9.56. The average Bonchev–Trinajstić information content (AvgIpc) is 2.96. The number of aliphatic hydroxyl groups is 1. The van der Waals surface area contributed by atoms with Gasteiger partial charge in [-0.15, -0.1) is 0 Å². The maximum atomic E-state index is 13.1. The van der Waals surface area contributed by atoms with Crippen molar-refractivity contribution in [3.05, 3.63) is 111 Å². The SMILES string of the molecule is Cc1ccc(CN2C(=O)C(O)=C(c3ccc(C)cc3)C2c2ccc(Cl)cc2)cc1. The Morgan fingerprint density at radius 3 is 2.00 bits per heavy atom. The van der Waals surface area contributed by atoms with Crippen molar-refractivity contribution in [3.63, 3.8) is 0 Å². The summed E-state index contributed by atoms with van der Waals surface area (Å²) >= 11 is 6.09. The van der Waals surface area contributed by atoms with Gasteiger partial charge in [-0.2, -0.15) is 0 Å². The highest BCUT2D eigenvalue weighted by Gasteiger charge is 2.40. The molecule has 1 N–H and O–H groups in total. The molecule has 0 radical (unpaired) electrons. The number of benzene rings is 3. The fourth-order valence-corrected chi connectivity index (χ4v) is 3.85. The summed E-state index contributed by atoms with van der Waals surface area (Å²) in [6.45, 7) is 4.45. The molecular weight excluding hydrogens is 382 g/mol. The lowest BCUT2D eigenvalue weighted by Crippen LogP contribution is -2.29. The molecule has 1 aliphatic rings. The van der Waals surface area contributed by atoms with E-state index in [1.165, 1.54) is 0 Å². The van der Waals surface area contributed by atoms with Gasteiger partial charge in [0, 0.05) is 17.1 Å². The van der Waals surface area contributed by atoms with E-state index in [2.05, 4.69) is 0 Å². The summed E-state index contributed by atoms with van der Waals surface area (Å²) in [6, 6.07) is 23.0. The van der Waals surface area contributed by atoms with Crippen molar-refractivity contribution in [2.24, 2.45) is 0 Å². The lowest BCUT2D eigenvalue weighted by Gasteiger charge is -2.27. The van der Waals surface area contributed by atoms with Crippen molar-refractivity contribution in [3.8, 4) is 0 Å². The van der Waals surface area contributed by atoms with E-state index in [1.54, 1.807) is 4.90 Å². The maximum absolute atomic E-state index is 13.1. The van der Waals surface area contributed by atoms with E-state index in [4.69, 9.17) is 11.6 Å². The van der Waals surface area contributed by atoms with Gasteiger partial charge in [-0.25, -0.2) is 0 Å². The van der Waals surface area contributed by atoms with Crippen molar-refractivity contribution in [1.29, 1.82) is 0 Å². The number of aliphatic hydroxyl groups excluding tert-OH is 1. The Balaban J connectivity index is 1.80. The third-order valence-electron chi connectivity index (χ3n) is 5.33. The number of halogens is 1. The quantitative estimate of drug-likeness (QED) is 0.579. The van der Waals surface area contributed by atoms with E-state index in [0.29, 0.717) is 17.1 Å². The van der Waals surface area contributed by atoms with E-state index in [1.807, 2.05) is 86.6 Å². The molecule has 4 heteroatoms. The van der Waals surface area contributed by atoms with Gasteiger partial charge in [0.05, 0.1) is 6.04 Å². The van der Waals surface area contributed by atoms with Crippen LogP contribution in [-0.2, 0) is 11.3 Å². The molecule has 3 nitrogen and oxygen atoms in total. The number of hydrogen-bond acceptors (Lipinski definition) is 2. The van der Waals surface area contributed by atoms with Crippen LogP contribution >= 0.6 is 11.6 Å². The van der Waals surface area contributed by atoms with Gasteiger partial charge in [0.2, 0.25) is 0 Å². The summed E-state index contributed by atoms with van der Waals surface area (Å²) in [5.74, 6) is -0.554. The topological polar surface area (TPSA) is 40.5 Å². The molecule has 146 valence electrons. The Morgan fingerprint density at radius 1 is 0.862 bits per heavy atom. The van der Waals surface area contributed by atoms with Crippen molar-refractivity contribution in [2.75, 3.05) is 0 Å². The van der Waals surface area contributed by atoms with Gasteiger partial charge in [-0.3, -0.25) is 4.79 Å². The van der Waals surface area contributed by atoms with Crippen LogP contribution in [0.15, 0.2) is 78.6 Å². The number of carbonyl (C=O) groups is 1. The Labute approximate surface area is 175 Å². The predicted molar refractivity (Wildman–Crippen MR) is 117 cm³/mol. The molecule has 4 rings (SSSR count). The van der Waals surface area contributed by atoms with E-state index in [0.717, 1.165) is 27.8 Å². The first kappa shape index (κ1) is 19.3. The molecule has 0 spiro atoms.